The normalized spacial score (nSPS) is 22.0. The molecule has 0 aromatic heterocycles. The van der Waals surface area contributed by atoms with E-state index in [-0.39, 0.29) is 6.10 Å². The highest BCUT2D eigenvalue weighted by Gasteiger charge is 2.25. The number of hydrogen-bond donors (Lipinski definition) is 0. The molecule has 3 rings (SSSR count). The first-order valence-electron chi connectivity index (χ1n) is 4.76. The molecule has 0 saturated heterocycles. The van der Waals surface area contributed by atoms with Crippen molar-refractivity contribution in [2.75, 3.05) is 0 Å². The molecule has 0 N–H and O–H groups in total. The average molecular weight is 182 g/mol. The van der Waals surface area contributed by atoms with Crippen LogP contribution in [0, 0.1) is 0 Å². The zero-order valence-electron chi connectivity index (χ0n) is 7.68. The van der Waals surface area contributed by atoms with Crippen LogP contribution < -0.4 is 4.74 Å². The first-order valence-corrected chi connectivity index (χ1v) is 4.76. The number of benzene rings is 1. The molecule has 14 heavy (non-hydrogen) atoms. The lowest BCUT2D eigenvalue weighted by Crippen LogP contribution is -2.06. The Morgan fingerprint density at radius 3 is 2.93 bits per heavy atom. The zero-order valence-corrected chi connectivity index (χ0v) is 7.68. The second-order valence-corrected chi connectivity index (χ2v) is 3.43. The van der Waals surface area contributed by atoms with E-state index in [9.17, 15) is 0 Å². The summed E-state index contributed by atoms with van der Waals surface area (Å²) in [6.45, 7) is 0. The van der Waals surface area contributed by atoms with Crippen LogP contribution in [-0.4, -0.2) is 6.10 Å². The standard InChI is InChI=1S/C13H10O/c1-2-6-10-11-7-4-5-9-13(11)14-12(10)8-3-1/h1-9,12H. The van der Waals surface area contributed by atoms with Crippen LogP contribution in [0.25, 0.3) is 5.57 Å². The number of ether oxygens (including phenoxy) is 1. The summed E-state index contributed by atoms with van der Waals surface area (Å²) in [5, 5.41) is 0. The van der Waals surface area contributed by atoms with E-state index in [0.717, 1.165) is 5.75 Å². The monoisotopic (exact) mass is 182 g/mol. The lowest BCUT2D eigenvalue weighted by molar-refractivity contribution is 0.323. The molecule has 1 aliphatic carbocycles. The van der Waals surface area contributed by atoms with Gasteiger partial charge in [-0.25, -0.2) is 0 Å². The number of para-hydroxylation sites is 1. The molecule has 1 aromatic carbocycles. The van der Waals surface area contributed by atoms with E-state index in [1.165, 1.54) is 11.1 Å². The molecule has 1 heteroatoms. The topological polar surface area (TPSA) is 9.23 Å². The quantitative estimate of drug-likeness (QED) is 0.599. The molecule has 1 aliphatic heterocycles. The van der Waals surface area contributed by atoms with Gasteiger partial charge in [0.15, 0.2) is 0 Å². The number of hydrogen-bond acceptors (Lipinski definition) is 1. The van der Waals surface area contributed by atoms with Crippen molar-refractivity contribution in [1.82, 2.24) is 0 Å². The molecule has 0 radical (unpaired) electrons. The lowest BCUT2D eigenvalue weighted by Gasteiger charge is -2.04. The molecular formula is C13H10O. The van der Waals surface area contributed by atoms with Gasteiger partial charge in [0.2, 0.25) is 0 Å². The second-order valence-electron chi connectivity index (χ2n) is 3.43. The summed E-state index contributed by atoms with van der Waals surface area (Å²) in [4.78, 5) is 0. The van der Waals surface area contributed by atoms with Crippen LogP contribution in [0.5, 0.6) is 5.75 Å². The van der Waals surface area contributed by atoms with Gasteiger partial charge in [0, 0.05) is 11.1 Å². The van der Waals surface area contributed by atoms with Crippen LogP contribution in [0.4, 0.5) is 0 Å². The Morgan fingerprint density at radius 1 is 1.00 bits per heavy atom. The van der Waals surface area contributed by atoms with E-state index in [1.54, 1.807) is 0 Å². The number of rotatable bonds is 0. The first kappa shape index (κ1) is 7.63. The van der Waals surface area contributed by atoms with Crippen LogP contribution in [0.15, 0.2) is 54.6 Å². The van der Waals surface area contributed by atoms with Crippen molar-refractivity contribution in [2.24, 2.45) is 0 Å². The van der Waals surface area contributed by atoms with Crippen molar-refractivity contribution >= 4 is 5.57 Å². The minimum Gasteiger partial charge on any atom is -0.481 e. The molecule has 1 aromatic rings. The van der Waals surface area contributed by atoms with Crippen molar-refractivity contribution in [3.05, 3.63) is 60.2 Å². The Morgan fingerprint density at radius 2 is 1.93 bits per heavy atom. The Hall–Kier alpha value is -1.76. The summed E-state index contributed by atoms with van der Waals surface area (Å²) in [6.07, 6.45) is 10.4. The Bertz CT molecular complexity index is 452. The zero-order chi connectivity index (χ0) is 9.38. The van der Waals surface area contributed by atoms with Gasteiger partial charge in [-0.2, -0.15) is 0 Å². The maximum Gasteiger partial charge on any atom is 0.143 e. The molecular weight excluding hydrogens is 172 g/mol. The minimum atomic E-state index is 0.0994. The predicted octanol–water partition coefficient (Wildman–Crippen LogP) is 2.96. The predicted molar refractivity (Wildman–Crippen MR) is 57.1 cm³/mol. The Balaban J connectivity index is 2.18. The van der Waals surface area contributed by atoms with Gasteiger partial charge in [0.05, 0.1) is 0 Å². The van der Waals surface area contributed by atoms with Gasteiger partial charge in [-0.15, -0.1) is 0 Å². The van der Waals surface area contributed by atoms with Crippen molar-refractivity contribution in [1.29, 1.82) is 0 Å². The van der Waals surface area contributed by atoms with Crippen LogP contribution >= 0.6 is 0 Å². The maximum atomic E-state index is 5.80. The summed E-state index contributed by atoms with van der Waals surface area (Å²) in [6, 6.07) is 8.17. The Labute approximate surface area is 83.0 Å². The molecule has 1 unspecified atom stereocenters. The van der Waals surface area contributed by atoms with E-state index in [4.69, 9.17) is 4.74 Å². The minimum absolute atomic E-state index is 0.0994. The van der Waals surface area contributed by atoms with E-state index >= 15 is 0 Å². The highest BCUT2D eigenvalue weighted by atomic mass is 16.5. The van der Waals surface area contributed by atoms with E-state index in [1.807, 2.05) is 30.4 Å². The van der Waals surface area contributed by atoms with Crippen LogP contribution in [0.1, 0.15) is 5.56 Å². The summed E-state index contributed by atoms with van der Waals surface area (Å²) in [5.41, 5.74) is 2.47. The molecule has 0 spiro atoms. The van der Waals surface area contributed by atoms with Crippen molar-refractivity contribution in [2.45, 2.75) is 6.10 Å². The third-order valence-corrected chi connectivity index (χ3v) is 2.54. The van der Waals surface area contributed by atoms with Gasteiger partial charge < -0.3 is 4.74 Å². The number of allylic oxidation sites excluding steroid dienone is 4. The molecule has 1 nitrogen and oxygen atoms in total. The highest BCUT2D eigenvalue weighted by Crippen LogP contribution is 2.38. The summed E-state index contributed by atoms with van der Waals surface area (Å²) in [5.74, 6) is 0.990. The van der Waals surface area contributed by atoms with E-state index in [0.29, 0.717) is 0 Å². The summed E-state index contributed by atoms with van der Waals surface area (Å²) in [7, 11) is 0. The fourth-order valence-electron chi connectivity index (χ4n) is 1.88. The SMILES string of the molecule is C1=CC=C2c3ccccc3OC2C=C1. The molecule has 0 fully saturated rings. The molecule has 1 heterocycles. The van der Waals surface area contributed by atoms with Crippen LogP contribution in [0.2, 0.25) is 0 Å². The smallest absolute Gasteiger partial charge is 0.143 e. The maximum absolute atomic E-state index is 5.80. The molecule has 1 atom stereocenters. The number of fused-ring (bicyclic) bond motifs is 3. The third-order valence-electron chi connectivity index (χ3n) is 2.54. The van der Waals surface area contributed by atoms with Gasteiger partial charge in [-0.05, 0) is 12.1 Å². The van der Waals surface area contributed by atoms with E-state index in [2.05, 4.69) is 24.3 Å². The molecule has 2 aliphatic rings. The van der Waals surface area contributed by atoms with Gasteiger partial charge in [-0.1, -0.05) is 42.5 Å². The van der Waals surface area contributed by atoms with Crippen LogP contribution in [-0.2, 0) is 0 Å². The fourth-order valence-corrected chi connectivity index (χ4v) is 1.88. The van der Waals surface area contributed by atoms with Gasteiger partial charge in [-0.3, -0.25) is 0 Å². The molecule has 68 valence electrons. The van der Waals surface area contributed by atoms with Crippen molar-refractivity contribution < 1.29 is 4.74 Å². The fraction of sp³-hybridized carbons (Fsp3) is 0.0769. The average Bonchev–Trinajstić information content (AvgIpc) is 2.42. The molecule has 0 amide bonds. The third kappa shape index (κ3) is 1.02. The molecule has 0 bridgehead atoms. The van der Waals surface area contributed by atoms with Gasteiger partial charge in [0.25, 0.3) is 0 Å². The largest absolute Gasteiger partial charge is 0.481 e. The van der Waals surface area contributed by atoms with Crippen LogP contribution in [0.3, 0.4) is 0 Å². The van der Waals surface area contributed by atoms with Gasteiger partial charge in [0.1, 0.15) is 11.9 Å². The highest BCUT2D eigenvalue weighted by molar-refractivity contribution is 5.80. The van der Waals surface area contributed by atoms with Crippen molar-refractivity contribution in [3.63, 3.8) is 0 Å². The van der Waals surface area contributed by atoms with Crippen molar-refractivity contribution in [3.8, 4) is 5.75 Å². The summed E-state index contributed by atoms with van der Waals surface area (Å²) >= 11 is 0. The van der Waals surface area contributed by atoms with Gasteiger partial charge >= 0.3 is 0 Å². The summed E-state index contributed by atoms with van der Waals surface area (Å²) < 4.78 is 5.80. The first-order chi connectivity index (χ1) is 6.95. The second kappa shape index (κ2) is 2.88. The Kier molecular flexibility index (Phi) is 1.57. The molecule has 0 saturated carbocycles. The van der Waals surface area contributed by atoms with E-state index < -0.39 is 0 Å². The lowest BCUT2D eigenvalue weighted by atomic mass is 10.0.